The molecule has 3 aromatic rings. The average Bonchev–Trinajstić information content (AvgIpc) is 3.35. The molecule has 27 heavy (non-hydrogen) atoms. The molecule has 1 atom stereocenters. The first kappa shape index (κ1) is 17.3. The molecule has 1 aliphatic heterocycles. The lowest BCUT2D eigenvalue weighted by molar-refractivity contribution is 0.0889. The highest BCUT2D eigenvalue weighted by atomic mass is 16.5. The minimum atomic E-state index is -0.318. The maximum absolute atomic E-state index is 12.5. The molecule has 0 aliphatic carbocycles. The van der Waals surface area contributed by atoms with Crippen LogP contribution in [0.25, 0.3) is 0 Å². The first-order valence-corrected chi connectivity index (χ1v) is 8.90. The molecule has 0 spiro atoms. The Morgan fingerprint density at radius 2 is 2.04 bits per heavy atom. The molecule has 0 bridgehead atoms. The number of benzene rings is 2. The third-order valence-electron chi connectivity index (χ3n) is 4.37. The van der Waals surface area contributed by atoms with Crippen LogP contribution in [0.1, 0.15) is 40.8 Å². The lowest BCUT2D eigenvalue weighted by Crippen LogP contribution is -2.15. The van der Waals surface area contributed by atoms with Crippen LogP contribution in [0, 0.1) is 6.92 Å². The first-order chi connectivity index (χ1) is 13.2. The molecule has 138 valence electrons. The number of hydrogen-bond acceptors (Lipinski definition) is 5. The van der Waals surface area contributed by atoms with E-state index in [1.54, 1.807) is 12.1 Å². The van der Waals surface area contributed by atoms with Gasteiger partial charge in [-0.1, -0.05) is 12.1 Å². The number of nitrogens with zero attached hydrogens (tertiary/aromatic N) is 1. The third kappa shape index (κ3) is 4.01. The molecule has 1 amide bonds. The summed E-state index contributed by atoms with van der Waals surface area (Å²) >= 11 is 0. The Hall–Kier alpha value is -3.12. The number of aryl methyl sites for hydroxylation is 1. The summed E-state index contributed by atoms with van der Waals surface area (Å²) in [6.07, 6.45) is 2.87. The fourth-order valence-electron chi connectivity index (χ4n) is 3.05. The minimum absolute atomic E-state index is 0.196. The Morgan fingerprint density at radius 1 is 1.19 bits per heavy atom. The van der Waals surface area contributed by atoms with E-state index in [2.05, 4.69) is 10.3 Å². The molecule has 2 aromatic carbocycles. The standard InChI is InChI=1S/C21H20N2O4/c1-14-4-2-5-17(12-14)27-16-9-7-15(8-10-16)23-21(24)19-20(26-13-22-19)18-6-3-11-25-18/h2,4-5,7-10,12-13,18H,3,6,11H2,1H3,(H,23,24). The molecule has 1 aromatic heterocycles. The van der Waals surface area contributed by atoms with Crippen LogP contribution in [0.2, 0.25) is 0 Å². The number of amides is 1. The summed E-state index contributed by atoms with van der Waals surface area (Å²) in [7, 11) is 0. The van der Waals surface area contributed by atoms with Crippen LogP contribution >= 0.6 is 0 Å². The number of carbonyl (C=O) groups excluding carboxylic acids is 1. The van der Waals surface area contributed by atoms with Crippen molar-refractivity contribution in [3.8, 4) is 11.5 Å². The summed E-state index contributed by atoms with van der Waals surface area (Å²) in [4.78, 5) is 16.6. The van der Waals surface area contributed by atoms with Gasteiger partial charge in [0.25, 0.3) is 5.91 Å². The lowest BCUT2D eigenvalue weighted by atomic mass is 10.1. The van der Waals surface area contributed by atoms with Crippen molar-refractivity contribution in [2.75, 3.05) is 11.9 Å². The molecule has 0 saturated carbocycles. The number of anilines is 1. The number of hydrogen-bond donors (Lipinski definition) is 1. The zero-order valence-corrected chi connectivity index (χ0v) is 15.0. The van der Waals surface area contributed by atoms with Gasteiger partial charge in [-0.2, -0.15) is 0 Å². The topological polar surface area (TPSA) is 73.6 Å². The molecule has 4 rings (SSSR count). The highest BCUT2D eigenvalue weighted by Crippen LogP contribution is 2.31. The average molecular weight is 364 g/mol. The maximum Gasteiger partial charge on any atom is 0.278 e. The van der Waals surface area contributed by atoms with Crippen molar-refractivity contribution in [1.82, 2.24) is 4.98 Å². The molecule has 0 radical (unpaired) electrons. The molecular formula is C21H20N2O4. The molecule has 1 saturated heterocycles. The fraction of sp³-hybridized carbons (Fsp3) is 0.238. The van der Waals surface area contributed by atoms with Gasteiger partial charge in [-0.25, -0.2) is 4.98 Å². The molecule has 1 fully saturated rings. The van der Waals surface area contributed by atoms with E-state index < -0.39 is 0 Å². The van der Waals surface area contributed by atoms with E-state index in [9.17, 15) is 4.79 Å². The Morgan fingerprint density at radius 3 is 2.78 bits per heavy atom. The van der Waals surface area contributed by atoms with Crippen LogP contribution < -0.4 is 10.1 Å². The zero-order chi connectivity index (χ0) is 18.6. The lowest BCUT2D eigenvalue weighted by Gasteiger charge is -2.10. The van der Waals surface area contributed by atoms with Gasteiger partial charge in [-0.15, -0.1) is 0 Å². The molecule has 6 nitrogen and oxygen atoms in total. The van der Waals surface area contributed by atoms with Crippen molar-refractivity contribution < 1.29 is 18.7 Å². The van der Waals surface area contributed by atoms with E-state index in [1.165, 1.54) is 6.39 Å². The van der Waals surface area contributed by atoms with Gasteiger partial charge in [0.1, 0.15) is 17.6 Å². The number of rotatable bonds is 5. The predicted molar refractivity (Wildman–Crippen MR) is 100 cm³/mol. The number of nitrogens with one attached hydrogen (secondary N) is 1. The van der Waals surface area contributed by atoms with E-state index in [0.29, 0.717) is 23.8 Å². The summed E-state index contributed by atoms with van der Waals surface area (Å²) in [5, 5.41) is 2.84. The Bertz CT molecular complexity index is 927. The van der Waals surface area contributed by atoms with Crippen molar-refractivity contribution in [3.63, 3.8) is 0 Å². The summed E-state index contributed by atoms with van der Waals surface area (Å²) in [5.41, 5.74) is 2.05. The van der Waals surface area contributed by atoms with Crippen molar-refractivity contribution in [3.05, 3.63) is 71.9 Å². The Labute approximate surface area is 157 Å². The highest BCUT2D eigenvalue weighted by molar-refractivity contribution is 6.03. The summed E-state index contributed by atoms with van der Waals surface area (Å²) in [6.45, 7) is 2.69. The van der Waals surface area contributed by atoms with Crippen LogP contribution in [0.3, 0.4) is 0 Å². The van der Waals surface area contributed by atoms with E-state index in [0.717, 1.165) is 24.2 Å². The second-order valence-electron chi connectivity index (χ2n) is 6.46. The summed E-state index contributed by atoms with van der Waals surface area (Å²) < 4.78 is 16.8. The van der Waals surface area contributed by atoms with Gasteiger partial charge in [0, 0.05) is 12.3 Å². The van der Waals surface area contributed by atoms with Crippen LogP contribution in [0.5, 0.6) is 11.5 Å². The quantitative estimate of drug-likeness (QED) is 0.698. The smallest absolute Gasteiger partial charge is 0.278 e. The SMILES string of the molecule is Cc1cccc(Oc2ccc(NC(=O)c3ncoc3C3CCCO3)cc2)c1. The van der Waals surface area contributed by atoms with Crippen molar-refractivity contribution >= 4 is 11.6 Å². The monoisotopic (exact) mass is 364 g/mol. The van der Waals surface area contributed by atoms with E-state index in [-0.39, 0.29) is 17.7 Å². The number of ether oxygens (including phenoxy) is 2. The van der Waals surface area contributed by atoms with E-state index >= 15 is 0 Å². The van der Waals surface area contributed by atoms with Gasteiger partial charge in [-0.05, 0) is 61.7 Å². The number of aromatic nitrogens is 1. The predicted octanol–water partition coefficient (Wildman–Crippen LogP) is 4.88. The largest absolute Gasteiger partial charge is 0.457 e. The zero-order valence-electron chi connectivity index (χ0n) is 15.0. The maximum atomic E-state index is 12.5. The molecule has 6 heteroatoms. The molecule has 1 N–H and O–H groups in total. The van der Waals surface area contributed by atoms with E-state index in [1.807, 2.05) is 43.3 Å². The molecule has 1 aliphatic rings. The van der Waals surface area contributed by atoms with Gasteiger partial charge < -0.3 is 19.2 Å². The second-order valence-corrected chi connectivity index (χ2v) is 6.46. The van der Waals surface area contributed by atoms with Crippen LogP contribution in [-0.2, 0) is 4.74 Å². The highest BCUT2D eigenvalue weighted by Gasteiger charge is 2.28. The molecule has 2 heterocycles. The number of carbonyl (C=O) groups is 1. The van der Waals surface area contributed by atoms with Gasteiger partial charge in [0.2, 0.25) is 0 Å². The van der Waals surface area contributed by atoms with Crippen molar-refractivity contribution in [1.29, 1.82) is 0 Å². The normalized spacial score (nSPS) is 16.3. The fourth-order valence-corrected chi connectivity index (χ4v) is 3.05. The third-order valence-corrected chi connectivity index (χ3v) is 4.37. The van der Waals surface area contributed by atoms with Gasteiger partial charge in [0.15, 0.2) is 17.8 Å². The van der Waals surface area contributed by atoms with Gasteiger partial charge in [-0.3, -0.25) is 4.79 Å². The van der Waals surface area contributed by atoms with E-state index in [4.69, 9.17) is 13.9 Å². The van der Waals surface area contributed by atoms with Gasteiger partial charge >= 0.3 is 0 Å². The molecular weight excluding hydrogens is 344 g/mol. The first-order valence-electron chi connectivity index (χ1n) is 8.90. The Kier molecular flexibility index (Phi) is 4.89. The van der Waals surface area contributed by atoms with Crippen molar-refractivity contribution in [2.24, 2.45) is 0 Å². The van der Waals surface area contributed by atoms with Crippen LogP contribution in [-0.4, -0.2) is 17.5 Å². The van der Waals surface area contributed by atoms with Crippen molar-refractivity contribution in [2.45, 2.75) is 25.9 Å². The van der Waals surface area contributed by atoms with Crippen LogP contribution in [0.4, 0.5) is 5.69 Å². The second kappa shape index (κ2) is 7.63. The molecule has 1 unspecified atom stereocenters. The summed E-state index contributed by atoms with van der Waals surface area (Å²) in [5.74, 6) is 1.64. The minimum Gasteiger partial charge on any atom is -0.457 e. The number of oxazole rings is 1. The van der Waals surface area contributed by atoms with Gasteiger partial charge in [0.05, 0.1) is 0 Å². The summed E-state index contributed by atoms with van der Waals surface area (Å²) in [6, 6.07) is 15.0. The Balaban J connectivity index is 1.43. The van der Waals surface area contributed by atoms with Crippen LogP contribution in [0.15, 0.2) is 59.3 Å².